The molecule has 1 amide bonds. The van der Waals surface area contributed by atoms with E-state index in [1.807, 2.05) is 72.2 Å². The molecule has 1 N–H and O–H groups in total. The van der Waals surface area contributed by atoms with Gasteiger partial charge < -0.3 is 9.88 Å². The molecule has 0 unspecified atom stereocenters. The Bertz CT molecular complexity index is 849. The Labute approximate surface area is 157 Å². The zero-order valence-corrected chi connectivity index (χ0v) is 15.7. The van der Waals surface area contributed by atoms with Gasteiger partial charge in [0, 0.05) is 18.7 Å². The standard InChI is InChI=1S/C20H22N4OS/c1-3-24-18(17-12-8-5-9-13-17)22-23-20(24)26-15(2)19(25)21-14-16-10-6-4-7-11-16/h4-13,15H,3,14H2,1-2H3,(H,21,25)/t15-/m0/s1. The van der Waals surface area contributed by atoms with Crippen molar-refractivity contribution >= 4 is 17.7 Å². The van der Waals surface area contributed by atoms with Gasteiger partial charge in [-0.05, 0) is 19.4 Å². The molecule has 0 aliphatic heterocycles. The van der Waals surface area contributed by atoms with Crippen LogP contribution >= 0.6 is 11.8 Å². The van der Waals surface area contributed by atoms with Crippen LogP contribution in [0.3, 0.4) is 0 Å². The monoisotopic (exact) mass is 366 g/mol. The predicted octanol–water partition coefficient (Wildman–Crippen LogP) is 3.76. The van der Waals surface area contributed by atoms with Crippen LogP contribution in [-0.2, 0) is 17.9 Å². The van der Waals surface area contributed by atoms with E-state index in [1.54, 1.807) is 0 Å². The van der Waals surface area contributed by atoms with Crippen molar-refractivity contribution in [1.29, 1.82) is 0 Å². The average molecular weight is 366 g/mol. The fourth-order valence-corrected chi connectivity index (χ4v) is 3.54. The Morgan fingerprint density at radius 1 is 1.08 bits per heavy atom. The molecule has 26 heavy (non-hydrogen) atoms. The molecule has 2 aromatic carbocycles. The van der Waals surface area contributed by atoms with E-state index in [0.29, 0.717) is 6.54 Å². The maximum Gasteiger partial charge on any atom is 0.233 e. The van der Waals surface area contributed by atoms with Gasteiger partial charge in [-0.1, -0.05) is 72.4 Å². The lowest BCUT2D eigenvalue weighted by atomic mass is 10.2. The number of nitrogens with zero attached hydrogens (tertiary/aromatic N) is 3. The smallest absolute Gasteiger partial charge is 0.233 e. The first kappa shape index (κ1) is 18.2. The van der Waals surface area contributed by atoms with E-state index >= 15 is 0 Å². The lowest BCUT2D eigenvalue weighted by Crippen LogP contribution is -2.30. The third kappa shape index (κ3) is 4.32. The minimum Gasteiger partial charge on any atom is -0.351 e. The van der Waals surface area contributed by atoms with Crippen molar-refractivity contribution in [2.45, 2.75) is 37.3 Å². The van der Waals surface area contributed by atoms with Crippen LogP contribution in [0.4, 0.5) is 0 Å². The van der Waals surface area contributed by atoms with Crippen molar-refractivity contribution in [2.24, 2.45) is 0 Å². The Morgan fingerprint density at radius 3 is 2.38 bits per heavy atom. The highest BCUT2D eigenvalue weighted by molar-refractivity contribution is 8.00. The molecule has 0 saturated carbocycles. The number of aromatic nitrogens is 3. The summed E-state index contributed by atoms with van der Waals surface area (Å²) in [6, 6.07) is 19.9. The summed E-state index contributed by atoms with van der Waals surface area (Å²) < 4.78 is 2.04. The Kier molecular flexibility index (Phi) is 6.07. The molecular weight excluding hydrogens is 344 g/mol. The van der Waals surface area contributed by atoms with Crippen molar-refractivity contribution in [1.82, 2.24) is 20.1 Å². The molecule has 3 aromatic rings. The normalized spacial score (nSPS) is 11.9. The van der Waals surface area contributed by atoms with Crippen LogP contribution in [0.1, 0.15) is 19.4 Å². The molecule has 1 atom stereocenters. The predicted molar refractivity (Wildman–Crippen MR) is 105 cm³/mol. The second-order valence-corrected chi connectivity index (χ2v) is 7.19. The third-order valence-corrected chi connectivity index (χ3v) is 5.11. The molecule has 1 heterocycles. The fraction of sp³-hybridized carbons (Fsp3) is 0.250. The second-order valence-electron chi connectivity index (χ2n) is 5.88. The Morgan fingerprint density at radius 2 is 1.73 bits per heavy atom. The molecule has 0 aliphatic rings. The summed E-state index contributed by atoms with van der Waals surface area (Å²) in [6.07, 6.45) is 0. The second kappa shape index (κ2) is 8.67. The van der Waals surface area contributed by atoms with Gasteiger partial charge >= 0.3 is 0 Å². The number of benzene rings is 2. The molecule has 0 spiro atoms. The summed E-state index contributed by atoms with van der Waals surface area (Å²) in [7, 11) is 0. The van der Waals surface area contributed by atoms with Gasteiger partial charge in [0.1, 0.15) is 0 Å². The summed E-state index contributed by atoms with van der Waals surface area (Å²) in [5.41, 5.74) is 2.11. The zero-order valence-electron chi connectivity index (χ0n) is 14.9. The average Bonchev–Trinajstić information content (AvgIpc) is 3.10. The van der Waals surface area contributed by atoms with Gasteiger partial charge in [0.05, 0.1) is 5.25 Å². The van der Waals surface area contributed by atoms with Crippen LogP contribution < -0.4 is 5.32 Å². The lowest BCUT2D eigenvalue weighted by Gasteiger charge is -2.13. The van der Waals surface area contributed by atoms with Crippen molar-refractivity contribution in [2.75, 3.05) is 0 Å². The van der Waals surface area contributed by atoms with E-state index in [2.05, 4.69) is 22.4 Å². The van der Waals surface area contributed by atoms with E-state index in [9.17, 15) is 4.79 Å². The van der Waals surface area contributed by atoms with Gasteiger partial charge in [-0.2, -0.15) is 0 Å². The summed E-state index contributed by atoms with van der Waals surface area (Å²) >= 11 is 1.43. The minimum absolute atomic E-state index is 0.00855. The molecule has 0 bridgehead atoms. The van der Waals surface area contributed by atoms with Crippen molar-refractivity contribution in [3.8, 4) is 11.4 Å². The van der Waals surface area contributed by atoms with Crippen LogP contribution in [0.25, 0.3) is 11.4 Å². The highest BCUT2D eigenvalue weighted by Crippen LogP contribution is 2.26. The first-order valence-corrected chi connectivity index (χ1v) is 9.54. The molecule has 5 nitrogen and oxygen atoms in total. The Hall–Kier alpha value is -2.60. The molecular formula is C20H22N4OS. The number of amides is 1. The summed E-state index contributed by atoms with van der Waals surface area (Å²) in [4.78, 5) is 12.4. The minimum atomic E-state index is -0.253. The molecule has 0 fully saturated rings. The van der Waals surface area contributed by atoms with Gasteiger partial charge in [-0.15, -0.1) is 10.2 Å². The summed E-state index contributed by atoms with van der Waals surface area (Å²) in [5, 5.41) is 12.1. The SMILES string of the molecule is CCn1c(S[C@@H](C)C(=O)NCc2ccccc2)nnc1-c1ccccc1. The van der Waals surface area contributed by atoms with Crippen LogP contribution in [0.15, 0.2) is 65.8 Å². The lowest BCUT2D eigenvalue weighted by molar-refractivity contribution is -0.120. The topological polar surface area (TPSA) is 59.8 Å². The van der Waals surface area contributed by atoms with Gasteiger partial charge in [-0.25, -0.2) is 0 Å². The number of hydrogen-bond donors (Lipinski definition) is 1. The zero-order chi connectivity index (χ0) is 18.4. The van der Waals surface area contributed by atoms with E-state index in [-0.39, 0.29) is 11.2 Å². The molecule has 0 radical (unpaired) electrons. The fourth-order valence-electron chi connectivity index (χ4n) is 2.60. The van der Waals surface area contributed by atoms with Crippen LogP contribution in [0.2, 0.25) is 0 Å². The van der Waals surface area contributed by atoms with E-state index in [1.165, 1.54) is 11.8 Å². The first-order chi connectivity index (χ1) is 12.7. The van der Waals surface area contributed by atoms with Crippen LogP contribution in [0, 0.1) is 0 Å². The maximum atomic E-state index is 12.4. The number of hydrogen-bond acceptors (Lipinski definition) is 4. The molecule has 0 saturated heterocycles. The number of carbonyl (C=O) groups is 1. The van der Waals surface area contributed by atoms with Crippen LogP contribution in [0.5, 0.6) is 0 Å². The van der Waals surface area contributed by atoms with Crippen molar-refractivity contribution in [3.63, 3.8) is 0 Å². The molecule has 1 aromatic heterocycles. The first-order valence-electron chi connectivity index (χ1n) is 8.66. The number of nitrogens with one attached hydrogen (secondary N) is 1. The molecule has 0 aliphatic carbocycles. The number of thioether (sulfide) groups is 1. The van der Waals surface area contributed by atoms with Gasteiger partial charge in [0.25, 0.3) is 0 Å². The Balaban J connectivity index is 1.66. The highest BCUT2D eigenvalue weighted by Gasteiger charge is 2.20. The van der Waals surface area contributed by atoms with Crippen molar-refractivity contribution < 1.29 is 4.79 Å². The van der Waals surface area contributed by atoms with E-state index in [4.69, 9.17) is 0 Å². The van der Waals surface area contributed by atoms with Gasteiger partial charge in [-0.3, -0.25) is 4.79 Å². The molecule has 6 heteroatoms. The number of rotatable bonds is 7. The van der Waals surface area contributed by atoms with Crippen LogP contribution in [-0.4, -0.2) is 25.9 Å². The van der Waals surface area contributed by atoms with E-state index in [0.717, 1.165) is 28.7 Å². The molecule has 134 valence electrons. The highest BCUT2D eigenvalue weighted by atomic mass is 32.2. The third-order valence-electron chi connectivity index (χ3n) is 4.03. The largest absolute Gasteiger partial charge is 0.351 e. The molecule has 3 rings (SSSR count). The van der Waals surface area contributed by atoms with Gasteiger partial charge in [0.2, 0.25) is 5.91 Å². The number of carbonyl (C=O) groups excluding carboxylic acids is 1. The maximum absolute atomic E-state index is 12.4. The van der Waals surface area contributed by atoms with Crippen molar-refractivity contribution in [3.05, 3.63) is 66.2 Å². The quantitative estimate of drug-likeness (QED) is 0.647. The summed E-state index contributed by atoms with van der Waals surface area (Å²) in [6.45, 7) is 5.22. The van der Waals surface area contributed by atoms with E-state index < -0.39 is 0 Å². The van der Waals surface area contributed by atoms with Gasteiger partial charge in [0.15, 0.2) is 11.0 Å². The summed E-state index contributed by atoms with van der Waals surface area (Å²) in [5.74, 6) is 0.818.